The molecule has 0 radical (unpaired) electrons. The Hall–Kier alpha value is -2.32. The number of unbranched alkanes of at least 4 members (excludes halogenated alkanes) is 1. The number of ketones is 1. The minimum absolute atomic E-state index is 0.0268. The van der Waals surface area contributed by atoms with Crippen LogP contribution in [-0.4, -0.2) is 49.0 Å². The minimum Gasteiger partial charge on any atom is -0.378 e. The fourth-order valence-electron chi connectivity index (χ4n) is 3.25. The van der Waals surface area contributed by atoms with Gasteiger partial charge in [0.2, 0.25) is 5.91 Å². The molecular formula is C32H54FN3O3S. The van der Waals surface area contributed by atoms with Crippen LogP contribution in [0.4, 0.5) is 9.52 Å². The second-order valence-electron chi connectivity index (χ2n) is 12.1. The smallest absolute Gasteiger partial charge is 0.217 e. The highest BCUT2D eigenvalue weighted by Gasteiger charge is 2.16. The highest BCUT2D eigenvalue weighted by atomic mass is 32.1. The molecular weight excluding hydrogens is 525 g/mol. The summed E-state index contributed by atoms with van der Waals surface area (Å²) >= 11 is 1.77. The molecule has 228 valence electrons. The third-order valence-electron chi connectivity index (χ3n) is 5.19. The van der Waals surface area contributed by atoms with Crippen molar-refractivity contribution < 1.29 is 18.7 Å². The van der Waals surface area contributed by atoms with E-state index in [2.05, 4.69) is 55.2 Å². The largest absolute Gasteiger partial charge is 0.378 e. The van der Waals surface area contributed by atoms with E-state index >= 15 is 0 Å². The zero-order chi connectivity index (χ0) is 30.7. The zero-order valence-electron chi connectivity index (χ0n) is 26.6. The van der Waals surface area contributed by atoms with Gasteiger partial charge in [-0.25, -0.2) is 9.37 Å². The van der Waals surface area contributed by atoms with Gasteiger partial charge in [-0.3, -0.25) is 9.59 Å². The van der Waals surface area contributed by atoms with Crippen LogP contribution in [-0.2, 0) is 20.7 Å². The maximum Gasteiger partial charge on any atom is 0.217 e. The molecule has 0 saturated carbocycles. The van der Waals surface area contributed by atoms with Crippen molar-refractivity contribution in [3.05, 3.63) is 46.7 Å². The number of anilines is 1. The number of morpholine rings is 1. The first-order valence-electron chi connectivity index (χ1n) is 14.4. The first-order chi connectivity index (χ1) is 18.6. The highest BCUT2D eigenvalue weighted by Crippen LogP contribution is 2.22. The predicted octanol–water partition coefficient (Wildman–Crippen LogP) is 7.64. The van der Waals surface area contributed by atoms with Gasteiger partial charge in [-0.05, 0) is 56.6 Å². The molecule has 40 heavy (non-hydrogen) atoms. The average Bonchev–Trinajstić information content (AvgIpc) is 3.33. The van der Waals surface area contributed by atoms with Crippen LogP contribution in [0, 0.1) is 24.1 Å². The number of carbonyl (C=O) groups is 2. The van der Waals surface area contributed by atoms with E-state index in [0.717, 1.165) is 44.7 Å². The second-order valence-corrected chi connectivity index (χ2v) is 12.9. The van der Waals surface area contributed by atoms with Crippen molar-refractivity contribution in [2.24, 2.45) is 11.3 Å². The van der Waals surface area contributed by atoms with Crippen molar-refractivity contribution in [1.82, 2.24) is 10.3 Å². The summed E-state index contributed by atoms with van der Waals surface area (Å²) in [5.74, 6) is 0.135. The summed E-state index contributed by atoms with van der Waals surface area (Å²) in [6.07, 6.45) is 4.32. The summed E-state index contributed by atoms with van der Waals surface area (Å²) in [6, 6.07) is 6.09. The maximum absolute atomic E-state index is 12.1. The number of carbonyl (C=O) groups excluding carboxylic acids is 2. The standard InChI is InChI=1S/C11H18N2OS.C9H17NO2.C7H7F.C5H12/c1-2-3-4-10-9-15-11(12-10)13-5-7-14-8-6-13;1-6(2)5-9(7(3)11)10-8(4)12;1-6-2-4-7(8)5-3-6;1-5(2,3)4/h9H,2-8H2,1H3;6,9H,5H2,1-4H3,(H,10,12);2-5H,1H3;1-4H3. The van der Waals surface area contributed by atoms with E-state index in [4.69, 9.17) is 4.74 Å². The van der Waals surface area contributed by atoms with Crippen LogP contribution >= 0.6 is 11.3 Å². The molecule has 6 nitrogen and oxygen atoms in total. The van der Waals surface area contributed by atoms with E-state index < -0.39 is 0 Å². The number of aromatic nitrogens is 1. The molecule has 3 rings (SSSR count). The number of aryl methyl sites for hydroxylation is 2. The number of ether oxygens (including phenoxy) is 1. The molecule has 1 aromatic carbocycles. The number of halogens is 1. The Bertz CT molecular complexity index is 922. The Morgan fingerprint density at radius 3 is 2.08 bits per heavy atom. The molecule has 0 bridgehead atoms. The average molecular weight is 580 g/mol. The van der Waals surface area contributed by atoms with Gasteiger partial charge in [-0.2, -0.15) is 0 Å². The summed E-state index contributed by atoms with van der Waals surface area (Å²) < 4.78 is 17.4. The molecule has 1 aromatic heterocycles. The molecule has 1 amide bonds. The van der Waals surface area contributed by atoms with Gasteiger partial charge >= 0.3 is 0 Å². The molecule has 1 unspecified atom stereocenters. The van der Waals surface area contributed by atoms with Crippen LogP contribution in [0.3, 0.4) is 0 Å². The number of hydrogen-bond acceptors (Lipinski definition) is 6. The van der Waals surface area contributed by atoms with Crippen LogP contribution in [0.5, 0.6) is 0 Å². The Labute approximate surface area is 247 Å². The Balaban J connectivity index is 0.000000545. The van der Waals surface area contributed by atoms with E-state index in [1.165, 1.54) is 49.6 Å². The number of nitrogens with zero attached hydrogens (tertiary/aromatic N) is 2. The van der Waals surface area contributed by atoms with Crippen molar-refractivity contribution in [2.45, 2.75) is 101 Å². The Kier molecular flexibility index (Phi) is 19.3. The molecule has 1 aliphatic heterocycles. The molecule has 1 atom stereocenters. The van der Waals surface area contributed by atoms with Gasteiger partial charge in [-0.15, -0.1) is 11.3 Å². The van der Waals surface area contributed by atoms with Crippen LogP contribution in [0.2, 0.25) is 0 Å². The van der Waals surface area contributed by atoms with Gasteiger partial charge in [-0.1, -0.05) is 72.6 Å². The lowest BCUT2D eigenvalue weighted by Crippen LogP contribution is -2.39. The minimum atomic E-state index is -0.303. The Morgan fingerprint density at radius 1 is 1.10 bits per heavy atom. The second kappa shape index (κ2) is 20.5. The molecule has 1 saturated heterocycles. The quantitative estimate of drug-likeness (QED) is 0.348. The van der Waals surface area contributed by atoms with Gasteiger partial charge in [0.1, 0.15) is 5.82 Å². The molecule has 2 aromatic rings. The number of benzene rings is 1. The van der Waals surface area contributed by atoms with Gasteiger partial charge in [0.25, 0.3) is 0 Å². The Morgan fingerprint density at radius 2 is 1.65 bits per heavy atom. The first-order valence-corrected chi connectivity index (χ1v) is 15.3. The van der Waals surface area contributed by atoms with E-state index in [0.29, 0.717) is 11.3 Å². The fraction of sp³-hybridized carbons (Fsp3) is 0.656. The van der Waals surface area contributed by atoms with Crippen molar-refractivity contribution in [2.75, 3.05) is 31.2 Å². The third kappa shape index (κ3) is 21.5. The third-order valence-corrected chi connectivity index (χ3v) is 6.14. The van der Waals surface area contributed by atoms with Gasteiger partial charge in [0, 0.05) is 25.4 Å². The van der Waals surface area contributed by atoms with Crippen LogP contribution < -0.4 is 10.2 Å². The van der Waals surface area contributed by atoms with Crippen molar-refractivity contribution in [3.63, 3.8) is 0 Å². The van der Waals surface area contributed by atoms with Crippen LogP contribution in [0.15, 0.2) is 29.6 Å². The van der Waals surface area contributed by atoms with Gasteiger partial charge in [0.15, 0.2) is 10.9 Å². The SMILES string of the molecule is CC(=O)NC(CC(C)C)C(C)=O.CC(C)(C)C.CCCCc1csc(N2CCOCC2)n1.Cc1ccc(F)cc1. The van der Waals surface area contributed by atoms with Gasteiger partial charge < -0.3 is 15.0 Å². The molecule has 1 fully saturated rings. The van der Waals surface area contributed by atoms with Crippen LogP contribution in [0.25, 0.3) is 0 Å². The van der Waals surface area contributed by atoms with E-state index in [-0.39, 0.29) is 23.5 Å². The molecule has 1 N–H and O–H groups in total. The zero-order valence-corrected chi connectivity index (χ0v) is 27.4. The van der Waals surface area contributed by atoms with Crippen molar-refractivity contribution in [1.29, 1.82) is 0 Å². The molecule has 1 aliphatic rings. The van der Waals surface area contributed by atoms with E-state index in [9.17, 15) is 14.0 Å². The lowest BCUT2D eigenvalue weighted by molar-refractivity contribution is -0.125. The van der Waals surface area contributed by atoms with Crippen molar-refractivity contribution >= 4 is 28.2 Å². The topological polar surface area (TPSA) is 71.5 Å². The fourth-order valence-corrected chi connectivity index (χ4v) is 4.16. The molecule has 2 heterocycles. The lowest BCUT2D eigenvalue weighted by Gasteiger charge is -2.26. The molecule has 8 heteroatoms. The monoisotopic (exact) mass is 579 g/mol. The number of amides is 1. The van der Waals surface area contributed by atoms with E-state index in [1.54, 1.807) is 23.5 Å². The predicted molar refractivity (Wildman–Crippen MR) is 168 cm³/mol. The molecule has 0 spiro atoms. The number of rotatable bonds is 8. The summed E-state index contributed by atoms with van der Waals surface area (Å²) in [5.41, 5.74) is 2.84. The van der Waals surface area contributed by atoms with Crippen molar-refractivity contribution in [3.8, 4) is 0 Å². The summed E-state index contributed by atoms with van der Waals surface area (Å²) in [7, 11) is 0. The number of nitrogens with one attached hydrogen (secondary N) is 1. The van der Waals surface area contributed by atoms with Gasteiger partial charge in [0.05, 0.1) is 24.9 Å². The maximum atomic E-state index is 12.1. The summed E-state index contributed by atoms with van der Waals surface area (Å²) in [6.45, 7) is 23.5. The molecule has 0 aliphatic carbocycles. The first kappa shape index (κ1) is 37.7. The number of hydrogen-bond donors (Lipinski definition) is 1. The summed E-state index contributed by atoms with van der Waals surface area (Å²) in [5, 5.41) is 5.99. The highest BCUT2D eigenvalue weighted by molar-refractivity contribution is 7.13. The van der Waals surface area contributed by atoms with E-state index in [1.807, 2.05) is 20.8 Å². The lowest BCUT2D eigenvalue weighted by atomic mass is 10.0. The van der Waals surface area contributed by atoms with Crippen LogP contribution in [0.1, 0.15) is 92.8 Å². The number of thiazole rings is 1. The summed E-state index contributed by atoms with van der Waals surface area (Å²) in [4.78, 5) is 28.7. The number of Topliss-reactive ketones (excluding diaryl/α,β-unsaturated/α-hetero) is 1. The normalized spacial score (nSPS) is 13.6.